The minimum Gasteiger partial charge on any atom is -0.352 e. The monoisotopic (exact) mass is 354 g/mol. The highest BCUT2D eigenvalue weighted by Gasteiger charge is 2.28. The molecule has 0 amide bonds. The van der Waals surface area contributed by atoms with Crippen LogP contribution in [0.2, 0.25) is 0 Å². The van der Waals surface area contributed by atoms with Gasteiger partial charge in [0.2, 0.25) is 0 Å². The minimum atomic E-state index is -0.379. The first-order chi connectivity index (χ1) is 12.6. The van der Waals surface area contributed by atoms with Crippen molar-refractivity contribution in [2.45, 2.75) is 25.9 Å². The number of nitrogens with one attached hydrogen (secondary N) is 1. The van der Waals surface area contributed by atoms with E-state index in [-0.39, 0.29) is 5.82 Å². The molecule has 2 unspecified atom stereocenters. The number of nitriles is 1. The molecule has 6 nitrogen and oxygen atoms in total. The number of aliphatic imine (C=N–C) groups is 1. The minimum absolute atomic E-state index is 0.323. The first-order valence-electron chi connectivity index (χ1n) is 8.74. The van der Waals surface area contributed by atoms with Crippen LogP contribution < -0.4 is 5.32 Å². The molecule has 1 aliphatic heterocycles. The van der Waals surface area contributed by atoms with Gasteiger partial charge in [0.05, 0.1) is 24.0 Å². The summed E-state index contributed by atoms with van der Waals surface area (Å²) >= 11 is 0. The van der Waals surface area contributed by atoms with Gasteiger partial charge in [-0.2, -0.15) is 5.26 Å². The standard InChI is InChI=1S/C19H23FN6/c1-14-5-7-25(12-18(14)26-8-6-23-13-26)19(22-2)24-11-16-4-3-15(10-21)9-17(16)20/h3-4,6,8-9,13-14,18H,5,7,11-12H2,1-2H3,(H,22,24). The van der Waals surface area contributed by atoms with Crippen LogP contribution in [0.3, 0.4) is 0 Å². The SMILES string of the molecule is CN=C(NCc1ccc(C#N)cc1F)N1CCC(C)C(n2ccnc2)C1. The maximum absolute atomic E-state index is 14.1. The Balaban J connectivity index is 1.66. The molecule has 1 aromatic carbocycles. The quantitative estimate of drug-likeness (QED) is 0.679. The maximum atomic E-state index is 14.1. The molecule has 1 N–H and O–H groups in total. The van der Waals surface area contributed by atoms with E-state index in [1.54, 1.807) is 25.4 Å². The predicted octanol–water partition coefficient (Wildman–Crippen LogP) is 2.55. The van der Waals surface area contributed by atoms with E-state index < -0.39 is 0 Å². The van der Waals surface area contributed by atoms with E-state index in [1.165, 1.54) is 6.07 Å². The summed E-state index contributed by atoms with van der Waals surface area (Å²) in [5, 5.41) is 12.1. The van der Waals surface area contributed by atoms with Crippen molar-refractivity contribution in [1.29, 1.82) is 5.26 Å². The Bertz CT molecular complexity index is 808. The van der Waals surface area contributed by atoms with Gasteiger partial charge in [0.15, 0.2) is 5.96 Å². The normalized spacial score (nSPS) is 20.7. The molecule has 1 fully saturated rings. The Morgan fingerprint density at radius 2 is 2.35 bits per heavy atom. The number of aromatic nitrogens is 2. The van der Waals surface area contributed by atoms with E-state index in [0.717, 1.165) is 25.5 Å². The van der Waals surface area contributed by atoms with Crippen LogP contribution >= 0.6 is 0 Å². The average Bonchev–Trinajstić information content (AvgIpc) is 3.18. The number of hydrogen-bond acceptors (Lipinski definition) is 3. The van der Waals surface area contributed by atoms with Gasteiger partial charge in [-0.15, -0.1) is 0 Å². The first kappa shape index (κ1) is 17.9. The number of rotatable bonds is 3. The van der Waals surface area contributed by atoms with Crippen molar-refractivity contribution >= 4 is 5.96 Å². The number of hydrogen-bond donors (Lipinski definition) is 1. The number of guanidine groups is 1. The Morgan fingerprint density at radius 3 is 3.00 bits per heavy atom. The fourth-order valence-corrected chi connectivity index (χ4v) is 3.36. The molecule has 2 atom stereocenters. The van der Waals surface area contributed by atoms with Gasteiger partial charge in [0, 0.05) is 44.6 Å². The zero-order chi connectivity index (χ0) is 18.5. The summed E-state index contributed by atoms with van der Waals surface area (Å²) in [6.07, 6.45) is 6.70. The lowest BCUT2D eigenvalue weighted by Gasteiger charge is -2.39. The molecule has 26 heavy (non-hydrogen) atoms. The number of nitrogens with zero attached hydrogens (tertiary/aromatic N) is 5. The Labute approximate surface area is 153 Å². The molecule has 136 valence electrons. The molecule has 0 aliphatic carbocycles. The predicted molar refractivity (Wildman–Crippen MR) is 97.9 cm³/mol. The van der Waals surface area contributed by atoms with Crippen LogP contribution in [0, 0.1) is 23.1 Å². The lowest BCUT2D eigenvalue weighted by atomic mass is 9.93. The molecule has 1 saturated heterocycles. The molecule has 2 aromatic rings. The number of piperidine rings is 1. The highest BCUT2D eigenvalue weighted by molar-refractivity contribution is 5.80. The average molecular weight is 354 g/mol. The second kappa shape index (κ2) is 8.00. The lowest BCUT2D eigenvalue weighted by molar-refractivity contribution is 0.189. The largest absolute Gasteiger partial charge is 0.352 e. The molecule has 0 bridgehead atoms. The number of likely N-dealkylation sites (tertiary alicyclic amines) is 1. The highest BCUT2D eigenvalue weighted by Crippen LogP contribution is 2.27. The maximum Gasteiger partial charge on any atom is 0.193 e. The van der Waals surface area contributed by atoms with Gasteiger partial charge in [-0.3, -0.25) is 4.99 Å². The van der Waals surface area contributed by atoms with E-state index in [1.807, 2.05) is 18.6 Å². The van der Waals surface area contributed by atoms with Crippen LogP contribution in [-0.4, -0.2) is 40.5 Å². The molecule has 0 radical (unpaired) electrons. The summed E-state index contributed by atoms with van der Waals surface area (Å²) in [6.45, 7) is 4.31. The fraction of sp³-hybridized carbons (Fsp3) is 0.421. The molecule has 3 rings (SSSR count). The van der Waals surface area contributed by atoms with Gasteiger partial charge in [0.25, 0.3) is 0 Å². The van der Waals surface area contributed by atoms with Crippen molar-refractivity contribution in [2.24, 2.45) is 10.9 Å². The van der Waals surface area contributed by atoms with Gasteiger partial charge in [-0.25, -0.2) is 9.37 Å². The zero-order valence-corrected chi connectivity index (χ0v) is 15.1. The molecule has 1 aliphatic rings. The van der Waals surface area contributed by atoms with Crippen LogP contribution in [0.15, 0.2) is 41.9 Å². The molecular formula is C19H23FN6. The molecule has 1 aromatic heterocycles. The van der Waals surface area contributed by atoms with E-state index in [0.29, 0.717) is 29.6 Å². The van der Waals surface area contributed by atoms with Crippen molar-refractivity contribution in [3.63, 3.8) is 0 Å². The molecule has 2 heterocycles. The van der Waals surface area contributed by atoms with Crippen molar-refractivity contribution < 1.29 is 4.39 Å². The number of imidazole rings is 1. The van der Waals surface area contributed by atoms with Crippen molar-refractivity contribution in [2.75, 3.05) is 20.1 Å². The van der Waals surface area contributed by atoms with E-state index in [2.05, 4.69) is 31.7 Å². The van der Waals surface area contributed by atoms with Gasteiger partial charge in [-0.05, 0) is 24.5 Å². The van der Waals surface area contributed by atoms with Crippen LogP contribution in [0.5, 0.6) is 0 Å². The Morgan fingerprint density at radius 1 is 1.50 bits per heavy atom. The highest BCUT2D eigenvalue weighted by atomic mass is 19.1. The van der Waals surface area contributed by atoms with Crippen LogP contribution in [0.1, 0.15) is 30.5 Å². The van der Waals surface area contributed by atoms with E-state index in [9.17, 15) is 4.39 Å². The summed E-state index contributed by atoms with van der Waals surface area (Å²) in [5.74, 6) is 0.927. The van der Waals surface area contributed by atoms with E-state index in [4.69, 9.17) is 5.26 Å². The van der Waals surface area contributed by atoms with Crippen LogP contribution in [0.25, 0.3) is 0 Å². The molecule has 0 saturated carbocycles. The lowest BCUT2D eigenvalue weighted by Crippen LogP contribution is -2.48. The van der Waals surface area contributed by atoms with Crippen molar-refractivity contribution in [3.05, 3.63) is 53.9 Å². The first-order valence-corrected chi connectivity index (χ1v) is 8.74. The number of benzene rings is 1. The Kier molecular flexibility index (Phi) is 5.52. The smallest absolute Gasteiger partial charge is 0.193 e. The molecule has 0 spiro atoms. The summed E-state index contributed by atoms with van der Waals surface area (Å²) in [4.78, 5) is 10.7. The summed E-state index contributed by atoms with van der Waals surface area (Å²) < 4.78 is 16.2. The summed E-state index contributed by atoms with van der Waals surface area (Å²) in [5.41, 5.74) is 0.838. The second-order valence-corrected chi connectivity index (χ2v) is 6.61. The van der Waals surface area contributed by atoms with Gasteiger partial charge >= 0.3 is 0 Å². The Hall–Kier alpha value is -2.88. The molecule has 7 heteroatoms. The van der Waals surface area contributed by atoms with Gasteiger partial charge in [0.1, 0.15) is 5.82 Å². The van der Waals surface area contributed by atoms with Gasteiger partial charge < -0.3 is 14.8 Å². The van der Waals surface area contributed by atoms with Crippen molar-refractivity contribution in [3.8, 4) is 6.07 Å². The third-order valence-electron chi connectivity index (χ3n) is 4.96. The van der Waals surface area contributed by atoms with Crippen molar-refractivity contribution in [1.82, 2.24) is 19.8 Å². The fourth-order valence-electron chi connectivity index (χ4n) is 3.36. The summed E-state index contributed by atoms with van der Waals surface area (Å²) in [7, 11) is 1.74. The number of halogens is 1. The van der Waals surface area contributed by atoms with Gasteiger partial charge in [-0.1, -0.05) is 13.0 Å². The van der Waals surface area contributed by atoms with Crippen LogP contribution in [0.4, 0.5) is 4.39 Å². The second-order valence-electron chi connectivity index (χ2n) is 6.61. The third-order valence-corrected chi connectivity index (χ3v) is 4.96. The topological polar surface area (TPSA) is 69.2 Å². The molecular weight excluding hydrogens is 331 g/mol. The van der Waals surface area contributed by atoms with Crippen LogP contribution in [-0.2, 0) is 6.54 Å². The van der Waals surface area contributed by atoms with E-state index >= 15 is 0 Å². The third kappa shape index (κ3) is 3.85. The summed E-state index contributed by atoms with van der Waals surface area (Å²) in [6, 6.07) is 6.80. The zero-order valence-electron chi connectivity index (χ0n) is 15.1.